The maximum atomic E-state index is 10.4. The Bertz CT molecular complexity index is 646. The van der Waals surface area contributed by atoms with E-state index in [1.54, 1.807) is 7.11 Å². The second kappa shape index (κ2) is 11.8. The van der Waals surface area contributed by atoms with Crippen LogP contribution < -0.4 is 10.6 Å². The summed E-state index contributed by atoms with van der Waals surface area (Å²) in [4.78, 5) is 6.84. The fourth-order valence-corrected chi connectivity index (χ4v) is 4.17. The normalized spacial score (nSPS) is 18.3. The molecule has 1 heterocycles. The Morgan fingerprint density at radius 3 is 2.71 bits per heavy atom. The molecule has 0 aromatic heterocycles. The Morgan fingerprint density at radius 1 is 1.25 bits per heavy atom. The third-order valence-electron chi connectivity index (χ3n) is 5.82. The number of phenols is 1. The van der Waals surface area contributed by atoms with Gasteiger partial charge < -0.3 is 25.4 Å². The lowest BCUT2D eigenvalue weighted by Gasteiger charge is -2.33. The molecule has 1 saturated heterocycles. The lowest BCUT2D eigenvalue weighted by Crippen LogP contribution is -2.49. The number of aliphatic imine (C=N–C) groups is 1. The summed E-state index contributed by atoms with van der Waals surface area (Å²) in [5.41, 5.74) is 3.75. The summed E-state index contributed by atoms with van der Waals surface area (Å²) in [6, 6.07) is 4.36. The van der Waals surface area contributed by atoms with Crippen molar-refractivity contribution in [3.8, 4) is 5.75 Å². The van der Waals surface area contributed by atoms with Crippen molar-refractivity contribution in [1.29, 1.82) is 0 Å². The number of piperidine rings is 1. The molecular formula is C21H35IN4O2. The smallest absolute Gasteiger partial charge is 0.191 e. The van der Waals surface area contributed by atoms with E-state index in [0.29, 0.717) is 18.3 Å². The van der Waals surface area contributed by atoms with Crippen LogP contribution >= 0.6 is 24.0 Å². The third kappa shape index (κ3) is 6.22. The van der Waals surface area contributed by atoms with Crippen molar-refractivity contribution in [2.45, 2.75) is 51.1 Å². The molecule has 3 N–H and O–H groups in total. The van der Waals surface area contributed by atoms with Gasteiger partial charge in [0.05, 0.1) is 6.61 Å². The Labute approximate surface area is 186 Å². The number of halogens is 1. The number of nitrogens with one attached hydrogen (secondary N) is 2. The molecule has 0 spiro atoms. The number of hydrogen-bond acceptors (Lipinski definition) is 4. The minimum atomic E-state index is 0. The highest BCUT2D eigenvalue weighted by atomic mass is 127. The summed E-state index contributed by atoms with van der Waals surface area (Å²) in [7, 11) is 3.56. The van der Waals surface area contributed by atoms with Crippen molar-refractivity contribution in [3.63, 3.8) is 0 Å². The van der Waals surface area contributed by atoms with Gasteiger partial charge in [0, 0.05) is 51.9 Å². The van der Waals surface area contributed by atoms with Crippen LogP contribution in [0.5, 0.6) is 5.75 Å². The molecule has 158 valence electrons. The molecule has 1 aliphatic heterocycles. The Morgan fingerprint density at radius 2 is 2.00 bits per heavy atom. The molecule has 6 nitrogen and oxygen atoms in total. The van der Waals surface area contributed by atoms with Crippen molar-refractivity contribution >= 4 is 29.9 Å². The van der Waals surface area contributed by atoms with E-state index in [4.69, 9.17) is 4.74 Å². The number of likely N-dealkylation sites (tertiary alicyclic amines) is 1. The van der Waals surface area contributed by atoms with Crippen LogP contribution in [-0.4, -0.2) is 62.4 Å². The van der Waals surface area contributed by atoms with Gasteiger partial charge in [-0.05, 0) is 55.7 Å². The molecule has 1 fully saturated rings. The van der Waals surface area contributed by atoms with Gasteiger partial charge in [0.15, 0.2) is 5.96 Å². The number of methoxy groups -OCH3 is 1. The first-order chi connectivity index (χ1) is 13.2. The molecule has 0 unspecified atom stereocenters. The largest absolute Gasteiger partial charge is 0.508 e. The molecule has 1 aliphatic carbocycles. The van der Waals surface area contributed by atoms with Crippen molar-refractivity contribution in [2.24, 2.45) is 4.99 Å². The average Bonchev–Trinajstić information content (AvgIpc) is 2.71. The summed E-state index contributed by atoms with van der Waals surface area (Å²) in [5.74, 6) is 1.21. The van der Waals surface area contributed by atoms with E-state index in [1.807, 2.05) is 13.1 Å². The second-order valence-electron chi connectivity index (χ2n) is 7.59. The summed E-state index contributed by atoms with van der Waals surface area (Å²) in [6.07, 6.45) is 6.85. The molecule has 0 bridgehead atoms. The number of nitrogens with zero attached hydrogens (tertiary/aromatic N) is 2. The van der Waals surface area contributed by atoms with Crippen LogP contribution in [0.4, 0.5) is 0 Å². The van der Waals surface area contributed by atoms with Gasteiger partial charge in [0.2, 0.25) is 0 Å². The minimum absolute atomic E-state index is 0. The van der Waals surface area contributed by atoms with Crippen molar-refractivity contribution in [3.05, 3.63) is 28.8 Å². The first-order valence-electron chi connectivity index (χ1n) is 10.2. The van der Waals surface area contributed by atoms with Gasteiger partial charge in [-0.15, -0.1) is 24.0 Å². The highest BCUT2D eigenvalue weighted by Crippen LogP contribution is 2.30. The zero-order valence-electron chi connectivity index (χ0n) is 17.2. The van der Waals surface area contributed by atoms with Gasteiger partial charge in [-0.3, -0.25) is 4.99 Å². The van der Waals surface area contributed by atoms with Gasteiger partial charge in [0.1, 0.15) is 5.75 Å². The summed E-state index contributed by atoms with van der Waals surface area (Å²) in [5, 5.41) is 17.3. The van der Waals surface area contributed by atoms with Crippen LogP contribution in [0, 0.1) is 0 Å². The van der Waals surface area contributed by atoms with E-state index < -0.39 is 0 Å². The third-order valence-corrected chi connectivity index (χ3v) is 5.82. The van der Waals surface area contributed by atoms with Crippen LogP contribution in [-0.2, 0) is 24.1 Å². The second-order valence-corrected chi connectivity index (χ2v) is 7.59. The van der Waals surface area contributed by atoms with E-state index in [0.717, 1.165) is 63.4 Å². The Kier molecular flexibility index (Phi) is 9.81. The Hall–Kier alpha value is -1.06. The number of rotatable bonds is 6. The average molecular weight is 502 g/mol. The molecule has 0 amide bonds. The molecule has 3 rings (SSSR count). The number of fused-ring (bicyclic) bond motifs is 1. The number of phenolic OH excluding ortho intramolecular Hbond substituents is 1. The number of ether oxygens (including phenoxy) is 1. The lowest BCUT2D eigenvalue weighted by atomic mass is 9.88. The quantitative estimate of drug-likeness (QED) is 0.317. The maximum Gasteiger partial charge on any atom is 0.191 e. The topological polar surface area (TPSA) is 69.1 Å². The van der Waals surface area contributed by atoms with E-state index in [9.17, 15) is 5.11 Å². The number of guanidine groups is 1. The molecule has 0 radical (unpaired) electrons. The molecule has 1 aromatic rings. The van der Waals surface area contributed by atoms with Crippen molar-refractivity contribution in [1.82, 2.24) is 15.5 Å². The standard InChI is InChI=1S/C21H34N4O2.HI/c1-22-21(24-17-9-11-25(12-10-17)13-14-27-2)23-15-19-18-6-4-3-5-16(18)7-8-20(19)26;/h7-8,17,26H,3-6,9-15H2,1-2H3,(H2,22,23,24);1H. The molecule has 7 heteroatoms. The predicted octanol–water partition coefficient (Wildman–Crippen LogP) is 2.66. The molecule has 2 aliphatic rings. The predicted molar refractivity (Wildman–Crippen MR) is 125 cm³/mol. The van der Waals surface area contributed by atoms with Gasteiger partial charge in [-0.1, -0.05) is 6.07 Å². The fourth-order valence-electron chi connectivity index (χ4n) is 4.17. The van der Waals surface area contributed by atoms with Gasteiger partial charge in [-0.2, -0.15) is 0 Å². The highest BCUT2D eigenvalue weighted by Gasteiger charge is 2.20. The van der Waals surface area contributed by atoms with E-state index in [2.05, 4.69) is 26.6 Å². The number of benzene rings is 1. The zero-order chi connectivity index (χ0) is 19.1. The molecule has 1 aromatic carbocycles. The summed E-state index contributed by atoms with van der Waals surface area (Å²) < 4.78 is 5.17. The number of aromatic hydroxyl groups is 1. The monoisotopic (exact) mass is 502 g/mol. The molecular weight excluding hydrogens is 467 g/mol. The van der Waals surface area contributed by atoms with Crippen LogP contribution in [0.3, 0.4) is 0 Å². The lowest BCUT2D eigenvalue weighted by molar-refractivity contribution is 0.128. The molecule has 28 heavy (non-hydrogen) atoms. The number of hydrogen-bond donors (Lipinski definition) is 3. The highest BCUT2D eigenvalue weighted by molar-refractivity contribution is 14.0. The van der Waals surface area contributed by atoms with E-state index in [-0.39, 0.29) is 24.0 Å². The van der Waals surface area contributed by atoms with E-state index >= 15 is 0 Å². The molecule has 0 atom stereocenters. The van der Waals surface area contributed by atoms with Crippen LogP contribution in [0.2, 0.25) is 0 Å². The van der Waals surface area contributed by atoms with E-state index in [1.165, 1.54) is 24.0 Å². The van der Waals surface area contributed by atoms with Crippen LogP contribution in [0.25, 0.3) is 0 Å². The minimum Gasteiger partial charge on any atom is -0.508 e. The first-order valence-corrected chi connectivity index (χ1v) is 10.2. The summed E-state index contributed by atoms with van der Waals surface area (Å²) in [6.45, 7) is 4.60. The fraction of sp³-hybridized carbons (Fsp3) is 0.667. The first kappa shape index (κ1) is 23.2. The maximum absolute atomic E-state index is 10.4. The Balaban J connectivity index is 0.00000280. The summed E-state index contributed by atoms with van der Waals surface area (Å²) >= 11 is 0. The molecule has 0 saturated carbocycles. The number of aryl methyl sites for hydroxylation is 1. The van der Waals surface area contributed by atoms with Gasteiger partial charge >= 0.3 is 0 Å². The van der Waals surface area contributed by atoms with Gasteiger partial charge in [-0.25, -0.2) is 0 Å². The van der Waals surface area contributed by atoms with Crippen LogP contribution in [0.15, 0.2) is 17.1 Å². The SMILES string of the molecule is CN=C(NCc1c(O)ccc2c1CCCC2)NC1CCN(CCOC)CC1.I. The van der Waals surface area contributed by atoms with Crippen molar-refractivity contribution in [2.75, 3.05) is 40.4 Å². The zero-order valence-corrected chi connectivity index (χ0v) is 19.5. The van der Waals surface area contributed by atoms with Crippen LogP contribution in [0.1, 0.15) is 42.4 Å². The van der Waals surface area contributed by atoms with Crippen molar-refractivity contribution < 1.29 is 9.84 Å². The van der Waals surface area contributed by atoms with Gasteiger partial charge in [0.25, 0.3) is 0 Å².